The lowest BCUT2D eigenvalue weighted by Gasteiger charge is -2.31. The molecule has 1 aromatic carbocycles. The first-order valence-corrected chi connectivity index (χ1v) is 14.5. The van der Waals surface area contributed by atoms with Crippen LogP contribution in [0.5, 0.6) is 5.75 Å². The van der Waals surface area contributed by atoms with Crippen LogP contribution in [0.25, 0.3) is 10.2 Å². The summed E-state index contributed by atoms with van der Waals surface area (Å²) >= 11 is 0.987. The summed E-state index contributed by atoms with van der Waals surface area (Å²) in [7, 11) is 1.54. The van der Waals surface area contributed by atoms with Crippen LogP contribution < -0.4 is 21.7 Å². The van der Waals surface area contributed by atoms with Crippen LogP contribution >= 0.6 is 11.3 Å². The molecule has 2 heterocycles. The number of para-hydroxylation sites is 1. The predicted molar refractivity (Wildman–Crippen MR) is 155 cm³/mol. The van der Waals surface area contributed by atoms with Crippen molar-refractivity contribution in [3.05, 3.63) is 61.1 Å². The van der Waals surface area contributed by atoms with Crippen LogP contribution in [0.1, 0.15) is 73.4 Å². The van der Waals surface area contributed by atoms with Gasteiger partial charge in [0.25, 0.3) is 5.56 Å². The van der Waals surface area contributed by atoms with Gasteiger partial charge in [-0.2, -0.15) is 0 Å². The standard InChI is InChI=1S/C29H37N3O8S/c1-6-39-26(35)23-16(2)22-24(34)32(29(3,4)27(30)36)28(37)31(25(22)41-23)15-21(19-9-7-8-10-20(19)38-5)40-18-13-11-17(33)12-14-18/h7-10,17-18,21,33H,6,11-15H2,1-5H3,(H2,30,36)/t17-,18-,21-/m0/s1. The monoisotopic (exact) mass is 587 g/mol. The Labute approximate surface area is 241 Å². The number of carbonyl (C=O) groups is 2. The van der Waals surface area contributed by atoms with E-state index in [-0.39, 0.29) is 40.5 Å². The van der Waals surface area contributed by atoms with Crippen LogP contribution in [0.15, 0.2) is 33.9 Å². The number of aliphatic hydroxyl groups is 1. The highest BCUT2D eigenvalue weighted by Gasteiger charge is 2.35. The Bertz CT molecular complexity index is 1560. The molecule has 3 aromatic rings. The number of hydrogen-bond acceptors (Lipinski definition) is 9. The van der Waals surface area contributed by atoms with Crippen molar-refractivity contribution >= 4 is 33.4 Å². The smallest absolute Gasteiger partial charge is 0.348 e. The number of nitrogens with zero attached hydrogens (tertiary/aromatic N) is 2. The van der Waals surface area contributed by atoms with Gasteiger partial charge in [0.2, 0.25) is 5.91 Å². The molecule has 222 valence electrons. The minimum atomic E-state index is -1.66. The minimum absolute atomic E-state index is 0.0495. The van der Waals surface area contributed by atoms with Crippen LogP contribution in [0.3, 0.4) is 0 Å². The van der Waals surface area contributed by atoms with Gasteiger partial charge in [0.1, 0.15) is 27.1 Å². The Hall–Kier alpha value is -3.48. The Morgan fingerprint density at radius 3 is 2.44 bits per heavy atom. The number of aliphatic hydroxyl groups excluding tert-OH is 1. The fraction of sp³-hybridized carbons (Fsp3) is 0.517. The molecule has 1 atom stereocenters. The lowest BCUT2D eigenvalue weighted by Crippen LogP contribution is -2.54. The summed E-state index contributed by atoms with van der Waals surface area (Å²) < 4.78 is 19.6. The van der Waals surface area contributed by atoms with Crippen LogP contribution in [0, 0.1) is 6.92 Å². The summed E-state index contributed by atoms with van der Waals surface area (Å²) in [6.45, 7) is 6.19. The molecule has 12 heteroatoms. The van der Waals surface area contributed by atoms with Crippen molar-refractivity contribution in [3.63, 3.8) is 0 Å². The van der Waals surface area contributed by atoms with Gasteiger partial charge >= 0.3 is 11.7 Å². The summed E-state index contributed by atoms with van der Waals surface area (Å²) in [5, 5.41) is 10.1. The summed E-state index contributed by atoms with van der Waals surface area (Å²) in [6, 6.07) is 7.30. The molecule has 1 aliphatic rings. The zero-order valence-corrected chi connectivity index (χ0v) is 24.8. The molecule has 1 amide bonds. The van der Waals surface area contributed by atoms with E-state index in [2.05, 4.69) is 0 Å². The van der Waals surface area contributed by atoms with E-state index in [1.54, 1.807) is 27.0 Å². The first-order chi connectivity index (χ1) is 19.4. The van der Waals surface area contributed by atoms with E-state index in [4.69, 9.17) is 19.9 Å². The first-order valence-electron chi connectivity index (χ1n) is 13.6. The number of primary amides is 1. The van der Waals surface area contributed by atoms with E-state index >= 15 is 0 Å². The number of benzene rings is 1. The van der Waals surface area contributed by atoms with E-state index in [1.807, 2.05) is 18.2 Å². The number of carbonyl (C=O) groups excluding carboxylic acids is 2. The SMILES string of the molecule is CCOC(=O)c1sc2c(c1C)c(=O)n(C(C)(C)C(N)=O)c(=O)n2C[C@H](O[C@H]1CC[C@H](O)CC1)c1ccccc1OC. The number of fused-ring (bicyclic) bond motifs is 1. The summed E-state index contributed by atoms with van der Waals surface area (Å²) in [6.07, 6.45) is 1.19. The third-order valence-electron chi connectivity index (χ3n) is 7.67. The molecule has 1 fully saturated rings. The number of rotatable bonds is 10. The van der Waals surface area contributed by atoms with Gasteiger partial charge in [-0.1, -0.05) is 18.2 Å². The lowest BCUT2D eigenvalue weighted by molar-refractivity contribution is -0.125. The second-order valence-corrected chi connectivity index (χ2v) is 11.7. The first kappa shape index (κ1) is 30.5. The molecule has 0 bridgehead atoms. The molecule has 11 nitrogen and oxygen atoms in total. The van der Waals surface area contributed by atoms with Crippen molar-refractivity contribution < 1.29 is 28.9 Å². The molecule has 41 heavy (non-hydrogen) atoms. The number of amides is 1. The molecule has 4 rings (SSSR count). The van der Waals surface area contributed by atoms with Crippen molar-refractivity contribution in [2.75, 3.05) is 13.7 Å². The van der Waals surface area contributed by atoms with Gasteiger partial charge in [-0.15, -0.1) is 11.3 Å². The van der Waals surface area contributed by atoms with Crippen LogP contribution in [0.2, 0.25) is 0 Å². The van der Waals surface area contributed by atoms with Crippen LogP contribution in [-0.2, 0) is 26.4 Å². The number of methoxy groups -OCH3 is 1. The number of hydrogen-bond donors (Lipinski definition) is 2. The Kier molecular flexibility index (Phi) is 9.05. The number of aryl methyl sites for hydroxylation is 1. The summed E-state index contributed by atoms with van der Waals surface area (Å²) in [5.41, 5.74) is 3.55. The lowest BCUT2D eigenvalue weighted by atomic mass is 9.94. The highest BCUT2D eigenvalue weighted by atomic mass is 32.1. The third kappa shape index (κ3) is 5.81. The molecule has 3 N–H and O–H groups in total. The van der Waals surface area contributed by atoms with Crippen molar-refractivity contribution in [3.8, 4) is 5.75 Å². The van der Waals surface area contributed by atoms with Crippen LogP contribution in [0.4, 0.5) is 0 Å². The number of ether oxygens (including phenoxy) is 3. The molecule has 1 saturated carbocycles. The largest absolute Gasteiger partial charge is 0.496 e. The predicted octanol–water partition coefficient (Wildman–Crippen LogP) is 3.00. The molecule has 0 aliphatic heterocycles. The van der Waals surface area contributed by atoms with Crippen molar-refractivity contribution in [2.24, 2.45) is 5.73 Å². The van der Waals surface area contributed by atoms with Crippen molar-refractivity contribution in [2.45, 2.75) is 83.8 Å². The van der Waals surface area contributed by atoms with Crippen molar-refractivity contribution in [1.29, 1.82) is 0 Å². The number of esters is 1. The Morgan fingerprint density at radius 1 is 1.17 bits per heavy atom. The maximum atomic E-state index is 14.1. The van der Waals surface area contributed by atoms with Gasteiger partial charge in [-0.05, 0) is 65.0 Å². The van der Waals surface area contributed by atoms with E-state index in [1.165, 1.54) is 18.4 Å². The third-order valence-corrected chi connectivity index (χ3v) is 8.96. The van der Waals surface area contributed by atoms with Gasteiger partial charge < -0.3 is 25.1 Å². The summed E-state index contributed by atoms with van der Waals surface area (Å²) in [4.78, 5) is 53.6. The quantitative estimate of drug-likeness (QED) is 0.344. The number of thiophene rings is 1. The zero-order valence-electron chi connectivity index (χ0n) is 24.0. The normalized spacial score (nSPS) is 18.3. The fourth-order valence-corrected chi connectivity index (χ4v) is 6.42. The molecule has 0 saturated heterocycles. The van der Waals surface area contributed by atoms with Gasteiger partial charge in [0.05, 0.1) is 37.9 Å². The van der Waals surface area contributed by atoms with Gasteiger partial charge in [-0.3, -0.25) is 14.2 Å². The van der Waals surface area contributed by atoms with E-state index < -0.39 is 34.8 Å². The second kappa shape index (κ2) is 12.2. The summed E-state index contributed by atoms with van der Waals surface area (Å²) in [5.74, 6) is -0.916. The molecule has 2 aromatic heterocycles. The topological polar surface area (TPSA) is 152 Å². The van der Waals surface area contributed by atoms with E-state index in [0.717, 1.165) is 15.9 Å². The Morgan fingerprint density at radius 2 is 1.83 bits per heavy atom. The fourth-order valence-electron chi connectivity index (χ4n) is 5.23. The number of nitrogens with two attached hydrogens (primary N) is 1. The highest BCUT2D eigenvalue weighted by Crippen LogP contribution is 2.35. The zero-order chi connectivity index (χ0) is 30.1. The molecular formula is C29H37N3O8S. The minimum Gasteiger partial charge on any atom is -0.496 e. The number of aromatic nitrogens is 2. The van der Waals surface area contributed by atoms with Crippen LogP contribution in [-0.4, -0.2) is 52.0 Å². The molecule has 1 aliphatic carbocycles. The molecule has 0 unspecified atom stereocenters. The second-order valence-electron chi connectivity index (χ2n) is 10.7. The molecule has 0 radical (unpaired) electrons. The van der Waals surface area contributed by atoms with E-state index in [9.17, 15) is 24.3 Å². The van der Waals surface area contributed by atoms with Gasteiger partial charge in [0.15, 0.2) is 0 Å². The average molecular weight is 588 g/mol. The average Bonchev–Trinajstić information content (AvgIpc) is 3.28. The highest BCUT2D eigenvalue weighted by molar-refractivity contribution is 7.20. The van der Waals surface area contributed by atoms with Gasteiger partial charge in [0, 0.05) is 5.56 Å². The molecule has 0 spiro atoms. The molecular weight excluding hydrogens is 550 g/mol. The van der Waals surface area contributed by atoms with E-state index in [0.29, 0.717) is 42.6 Å². The Balaban J connectivity index is 1.97. The maximum Gasteiger partial charge on any atom is 0.348 e. The maximum absolute atomic E-state index is 14.1. The van der Waals surface area contributed by atoms with Gasteiger partial charge in [-0.25, -0.2) is 14.2 Å². The van der Waals surface area contributed by atoms with Crippen molar-refractivity contribution in [1.82, 2.24) is 9.13 Å².